The number of carbonyl (C=O) groups excluding carboxylic acids is 1. The highest BCUT2D eigenvalue weighted by atomic mass is 127. The van der Waals surface area contributed by atoms with Crippen LogP contribution >= 0.6 is 24.0 Å². The maximum atomic E-state index is 11.0. The minimum atomic E-state index is -0.487. The molecular formula is C15H23IN4O2. The van der Waals surface area contributed by atoms with Gasteiger partial charge in [-0.05, 0) is 49.9 Å². The van der Waals surface area contributed by atoms with E-state index in [1.807, 2.05) is 26.0 Å². The van der Waals surface area contributed by atoms with Gasteiger partial charge in [0, 0.05) is 5.69 Å². The van der Waals surface area contributed by atoms with Gasteiger partial charge in [-0.1, -0.05) is 6.07 Å². The van der Waals surface area contributed by atoms with Crippen LogP contribution in [0.15, 0.2) is 23.2 Å². The summed E-state index contributed by atoms with van der Waals surface area (Å²) in [6.45, 7) is 4.48. The molecule has 0 aromatic heterocycles. The van der Waals surface area contributed by atoms with Gasteiger partial charge in [0.05, 0.1) is 12.6 Å². The van der Waals surface area contributed by atoms with Crippen LogP contribution in [0.25, 0.3) is 0 Å². The van der Waals surface area contributed by atoms with E-state index >= 15 is 0 Å². The second kappa shape index (κ2) is 8.33. The Kier molecular flexibility index (Phi) is 7.08. The molecule has 6 nitrogen and oxygen atoms in total. The van der Waals surface area contributed by atoms with E-state index in [4.69, 9.17) is 16.2 Å². The molecule has 1 aromatic rings. The molecule has 0 radical (unpaired) electrons. The summed E-state index contributed by atoms with van der Waals surface area (Å²) in [6.07, 6.45) is 0.842. The van der Waals surface area contributed by atoms with Crippen molar-refractivity contribution in [3.63, 3.8) is 0 Å². The van der Waals surface area contributed by atoms with E-state index in [1.165, 1.54) is 0 Å². The van der Waals surface area contributed by atoms with Crippen molar-refractivity contribution in [1.82, 2.24) is 0 Å². The van der Waals surface area contributed by atoms with Gasteiger partial charge in [0.15, 0.2) is 5.96 Å². The number of halogens is 1. The number of carbonyl (C=O) groups is 1. The summed E-state index contributed by atoms with van der Waals surface area (Å²) in [5.74, 6) is -0.0751. The number of anilines is 1. The lowest BCUT2D eigenvalue weighted by Crippen LogP contribution is -2.29. The molecule has 0 spiro atoms. The van der Waals surface area contributed by atoms with Crippen molar-refractivity contribution in [2.45, 2.75) is 38.9 Å². The third kappa shape index (κ3) is 5.45. The fourth-order valence-electron chi connectivity index (χ4n) is 2.48. The monoisotopic (exact) mass is 418 g/mol. The molecule has 1 aromatic carbocycles. The SMILES string of the molecule is Cc1cc(C)cc(NC(N)=NCC2CCC(C(N)=O)O2)c1.I. The van der Waals surface area contributed by atoms with E-state index in [-0.39, 0.29) is 30.1 Å². The number of ether oxygens (including phenoxy) is 1. The highest BCUT2D eigenvalue weighted by molar-refractivity contribution is 14.0. The predicted molar refractivity (Wildman–Crippen MR) is 98.5 cm³/mol. The third-order valence-corrected chi connectivity index (χ3v) is 3.38. The minimum Gasteiger partial charge on any atom is -0.370 e. The largest absolute Gasteiger partial charge is 0.370 e. The number of aliphatic imine (C=N–C) groups is 1. The van der Waals surface area contributed by atoms with Gasteiger partial charge in [-0.2, -0.15) is 0 Å². The fourth-order valence-corrected chi connectivity index (χ4v) is 2.48. The Balaban J connectivity index is 0.00000242. The van der Waals surface area contributed by atoms with Gasteiger partial charge in [0.25, 0.3) is 0 Å². The van der Waals surface area contributed by atoms with Crippen LogP contribution in [0.3, 0.4) is 0 Å². The fraction of sp³-hybridized carbons (Fsp3) is 0.467. The van der Waals surface area contributed by atoms with Gasteiger partial charge in [-0.3, -0.25) is 9.79 Å². The number of benzene rings is 1. The quantitative estimate of drug-likeness (QED) is 0.393. The molecule has 7 heteroatoms. The van der Waals surface area contributed by atoms with Crippen molar-refractivity contribution in [3.8, 4) is 0 Å². The van der Waals surface area contributed by atoms with Gasteiger partial charge < -0.3 is 21.5 Å². The second-order valence-electron chi connectivity index (χ2n) is 5.45. The zero-order chi connectivity index (χ0) is 15.4. The van der Waals surface area contributed by atoms with E-state index in [1.54, 1.807) is 0 Å². The lowest BCUT2D eigenvalue weighted by Gasteiger charge is -2.11. The predicted octanol–water partition coefficient (Wildman–Crippen LogP) is 1.68. The third-order valence-electron chi connectivity index (χ3n) is 3.38. The summed E-state index contributed by atoms with van der Waals surface area (Å²) in [7, 11) is 0. The Hall–Kier alpha value is -1.35. The molecule has 1 heterocycles. The molecule has 0 aliphatic carbocycles. The number of amides is 1. The van der Waals surface area contributed by atoms with Crippen molar-refractivity contribution < 1.29 is 9.53 Å². The molecular weight excluding hydrogens is 395 g/mol. The molecule has 5 N–H and O–H groups in total. The van der Waals surface area contributed by atoms with Crippen molar-refractivity contribution >= 4 is 41.5 Å². The Morgan fingerprint density at radius 1 is 1.27 bits per heavy atom. The number of guanidine groups is 1. The Morgan fingerprint density at radius 2 is 1.91 bits per heavy atom. The molecule has 1 amide bonds. The zero-order valence-corrected chi connectivity index (χ0v) is 15.2. The number of primary amides is 1. The van der Waals surface area contributed by atoms with E-state index in [0.717, 1.165) is 23.2 Å². The van der Waals surface area contributed by atoms with Gasteiger partial charge in [0.1, 0.15) is 6.10 Å². The van der Waals surface area contributed by atoms with Crippen molar-refractivity contribution in [1.29, 1.82) is 0 Å². The first-order valence-corrected chi connectivity index (χ1v) is 7.04. The number of rotatable bonds is 4. The van der Waals surface area contributed by atoms with Gasteiger partial charge in [0.2, 0.25) is 5.91 Å². The molecule has 0 bridgehead atoms. The van der Waals surface area contributed by atoms with Crippen molar-refractivity contribution in [2.24, 2.45) is 16.5 Å². The Labute approximate surface area is 147 Å². The molecule has 1 saturated heterocycles. The number of nitrogens with one attached hydrogen (secondary N) is 1. The summed E-state index contributed by atoms with van der Waals surface area (Å²) in [5.41, 5.74) is 14.3. The van der Waals surface area contributed by atoms with E-state index in [0.29, 0.717) is 18.9 Å². The topological polar surface area (TPSA) is 103 Å². The molecule has 1 aliphatic rings. The summed E-state index contributed by atoms with van der Waals surface area (Å²) >= 11 is 0. The average Bonchev–Trinajstić information content (AvgIpc) is 2.84. The van der Waals surface area contributed by atoms with Crippen molar-refractivity contribution in [3.05, 3.63) is 29.3 Å². The lowest BCUT2D eigenvalue weighted by molar-refractivity contribution is -0.128. The molecule has 2 unspecified atom stereocenters. The molecule has 1 aliphatic heterocycles. The van der Waals surface area contributed by atoms with Crippen LogP contribution in [0.2, 0.25) is 0 Å². The minimum absolute atomic E-state index is 0. The summed E-state index contributed by atoms with van der Waals surface area (Å²) in [6, 6.07) is 6.10. The zero-order valence-electron chi connectivity index (χ0n) is 12.8. The highest BCUT2D eigenvalue weighted by Crippen LogP contribution is 2.19. The number of nitrogens with two attached hydrogens (primary N) is 2. The van der Waals surface area contributed by atoms with Crippen LogP contribution < -0.4 is 16.8 Å². The van der Waals surface area contributed by atoms with Crippen LogP contribution in [0.1, 0.15) is 24.0 Å². The number of nitrogens with zero attached hydrogens (tertiary/aromatic N) is 1. The molecule has 22 heavy (non-hydrogen) atoms. The van der Waals surface area contributed by atoms with E-state index in [9.17, 15) is 4.79 Å². The maximum absolute atomic E-state index is 11.0. The Bertz CT molecular complexity index is 542. The summed E-state index contributed by atoms with van der Waals surface area (Å²) in [4.78, 5) is 15.3. The van der Waals surface area contributed by atoms with Crippen LogP contribution in [0.5, 0.6) is 0 Å². The lowest BCUT2D eigenvalue weighted by atomic mass is 10.1. The van der Waals surface area contributed by atoms with Gasteiger partial charge in [-0.25, -0.2) is 0 Å². The molecule has 2 atom stereocenters. The van der Waals surface area contributed by atoms with Crippen LogP contribution in [-0.2, 0) is 9.53 Å². The molecule has 0 saturated carbocycles. The van der Waals surface area contributed by atoms with Crippen LogP contribution in [0.4, 0.5) is 5.69 Å². The standard InChI is InChI=1S/C15H22N4O2.HI/c1-9-5-10(2)7-11(6-9)19-15(17)18-8-12-3-4-13(21-12)14(16)20;/h5-7,12-13H,3-4,8H2,1-2H3,(H2,16,20)(H3,17,18,19);1H. The van der Waals surface area contributed by atoms with Crippen LogP contribution in [-0.4, -0.2) is 30.6 Å². The first kappa shape index (κ1) is 18.7. The summed E-state index contributed by atoms with van der Waals surface area (Å²) < 4.78 is 5.50. The normalized spacial score (nSPS) is 21.3. The summed E-state index contributed by atoms with van der Waals surface area (Å²) in [5, 5.41) is 3.06. The van der Waals surface area contributed by atoms with Crippen molar-refractivity contribution in [2.75, 3.05) is 11.9 Å². The second-order valence-corrected chi connectivity index (χ2v) is 5.45. The molecule has 2 rings (SSSR count). The number of hydrogen-bond donors (Lipinski definition) is 3. The van der Waals surface area contributed by atoms with Gasteiger partial charge in [-0.15, -0.1) is 24.0 Å². The first-order chi connectivity index (χ1) is 9.94. The van der Waals surface area contributed by atoms with Gasteiger partial charge >= 0.3 is 0 Å². The first-order valence-electron chi connectivity index (χ1n) is 7.04. The molecule has 1 fully saturated rings. The maximum Gasteiger partial charge on any atom is 0.246 e. The number of hydrogen-bond acceptors (Lipinski definition) is 3. The molecule has 122 valence electrons. The van der Waals surface area contributed by atoms with E-state index < -0.39 is 12.0 Å². The average molecular weight is 418 g/mol. The van der Waals surface area contributed by atoms with Crippen LogP contribution in [0, 0.1) is 13.8 Å². The smallest absolute Gasteiger partial charge is 0.246 e. The highest BCUT2D eigenvalue weighted by Gasteiger charge is 2.28. The number of aryl methyl sites for hydroxylation is 2. The Morgan fingerprint density at radius 3 is 2.45 bits per heavy atom. The van der Waals surface area contributed by atoms with E-state index in [2.05, 4.69) is 16.4 Å².